The smallest absolute Gasteiger partial charge is 0.308 e. The van der Waals surface area contributed by atoms with Gasteiger partial charge in [-0.15, -0.1) is 0 Å². The van der Waals surface area contributed by atoms with E-state index in [9.17, 15) is 14.7 Å². The molecule has 0 heterocycles. The summed E-state index contributed by atoms with van der Waals surface area (Å²) in [6, 6.07) is 0. The van der Waals surface area contributed by atoms with E-state index >= 15 is 0 Å². The summed E-state index contributed by atoms with van der Waals surface area (Å²) in [5, 5.41) is 9.51. The summed E-state index contributed by atoms with van der Waals surface area (Å²) >= 11 is 0. The van der Waals surface area contributed by atoms with Crippen molar-refractivity contribution in [1.29, 1.82) is 0 Å². The zero-order chi connectivity index (χ0) is 26.2. The van der Waals surface area contributed by atoms with Gasteiger partial charge in [-0.3, -0.25) is 9.59 Å². The van der Waals surface area contributed by atoms with Gasteiger partial charge in [0.05, 0.1) is 13.0 Å². The number of carbonyl (C=O) groups is 2. The van der Waals surface area contributed by atoms with E-state index in [1.165, 1.54) is 23.8 Å². The van der Waals surface area contributed by atoms with Crippen molar-refractivity contribution < 1.29 is 19.4 Å². The number of aliphatic carboxylic acids is 1. The first kappa shape index (κ1) is 27.7. The molecule has 3 aliphatic carbocycles. The molecule has 0 aromatic heterocycles. The number of rotatable bonds is 9. The molecule has 1 N–H and O–H groups in total. The average Bonchev–Trinajstić information content (AvgIpc) is 3.06. The number of hydrogen-bond acceptors (Lipinski definition) is 3. The number of carboxylic acids is 1. The molecule has 0 aromatic carbocycles. The molecule has 35 heavy (non-hydrogen) atoms. The molecular weight excluding hydrogens is 436 g/mol. The first-order valence-corrected chi connectivity index (χ1v) is 13.6. The predicted octanol–water partition coefficient (Wildman–Crippen LogP) is 7.75. The summed E-state index contributed by atoms with van der Waals surface area (Å²) in [6.07, 6.45) is 12.5. The Morgan fingerprint density at radius 1 is 1.20 bits per heavy atom. The Balaban J connectivity index is 1.98. The van der Waals surface area contributed by atoms with Gasteiger partial charge in [0.1, 0.15) is 0 Å². The number of hydrogen-bond donors (Lipinski definition) is 1. The summed E-state index contributed by atoms with van der Waals surface area (Å²) in [5.41, 5.74) is 3.95. The molecule has 0 amide bonds. The van der Waals surface area contributed by atoms with E-state index in [1.807, 2.05) is 0 Å². The van der Waals surface area contributed by atoms with Crippen LogP contribution in [0.25, 0.3) is 0 Å². The Labute approximate surface area is 213 Å². The number of methoxy groups -OCH3 is 1. The average molecular weight is 485 g/mol. The zero-order valence-corrected chi connectivity index (χ0v) is 23.2. The summed E-state index contributed by atoms with van der Waals surface area (Å²) in [5.74, 6) is 0.133. The topological polar surface area (TPSA) is 63.6 Å². The molecule has 3 rings (SSSR count). The first-order chi connectivity index (χ1) is 16.3. The van der Waals surface area contributed by atoms with Crippen molar-refractivity contribution >= 4 is 11.9 Å². The zero-order valence-electron chi connectivity index (χ0n) is 23.2. The van der Waals surface area contributed by atoms with Crippen LogP contribution in [0.5, 0.6) is 0 Å². The number of carbonyl (C=O) groups excluding carboxylic acids is 1. The van der Waals surface area contributed by atoms with Crippen LogP contribution in [0.1, 0.15) is 99.3 Å². The minimum atomic E-state index is -0.715. The largest absolute Gasteiger partial charge is 0.481 e. The van der Waals surface area contributed by atoms with Gasteiger partial charge in [-0.1, -0.05) is 56.2 Å². The van der Waals surface area contributed by atoms with Gasteiger partial charge in [-0.2, -0.15) is 0 Å². The predicted molar refractivity (Wildman–Crippen MR) is 142 cm³/mol. The number of ether oxygens (including phenoxy) is 1. The fourth-order valence-corrected chi connectivity index (χ4v) is 8.51. The van der Waals surface area contributed by atoms with E-state index in [-0.39, 0.29) is 34.6 Å². The Morgan fingerprint density at radius 2 is 1.89 bits per heavy atom. The molecule has 0 radical (unpaired) electrons. The molecule has 2 fully saturated rings. The summed E-state index contributed by atoms with van der Waals surface area (Å²) in [4.78, 5) is 24.6. The lowest BCUT2D eigenvalue weighted by Crippen LogP contribution is -2.52. The highest BCUT2D eigenvalue weighted by atomic mass is 16.5. The maximum Gasteiger partial charge on any atom is 0.308 e. The highest BCUT2D eigenvalue weighted by molar-refractivity contribution is 5.73. The molecule has 2 saturated carbocycles. The van der Waals surface area contributed by atoms with E-state index < -0.39 is 5.97 Å². The Bertz CT molecular complexity index is 909. The number of esters is 1. The second kappa shape index (κ2) is 10.3. The third kappa shape index (κ3) is 4.79. The summed E-state index contributed by atoms with van der Waals surface area (Å²) < 4.78 is 5.33. The van der Waals surface area contributed by atoms with Crippen LogP contribution in [-0.2, 0) is 14.3 Å². The normalized spacial score (nSPS) is 36.9. The van der Waals surface area contributed by atoms with E-state index in [0.717, 1.165) is 44.9 Å². The Morgan fingerprint density at radius 3 is 2.46 bits per heavy atom. The second-order valence-corrected chi connectivity index (χ2v) is 12.7. The molecule has 4 nitrogen and oxygen atoms in total. The molecular formula is C31H48O4. The van der Waals surface area contributed by atoms with Crippen LogP contribution >= 0.6 is 0 Å². The fraction of sp³-hybridized carbons (Fsp3) is 0.742. The second-order valence-electron chi connectivity index (χ2n) is 12.7. The molecule has 3 aliphatic rings. The van der Waals surface area contributed by atoms with Crippen molar-refractivity contribution in [1.82, 2.24) is 0 Å². The molecule has 0 aliphatic heterocycles. The minimum Gasteiger partial charge on any atom is -0.481 e. The van der Waals surface area contributed by atoms with E-state index in [4.69, 9.17) is 4.74 Å². The van der Waals surface area contributed by atoms with Gasteiger partial charge in [-0.05, 0) is 106 Å². The van der Waals surface area contributed by atoms with Crippen LogP contribution in [0.2, 0.25) is 0 Å². The Hall–Kier alpha value is -1.84. The lowest BCUT2D eigenvalue weighted by molar-refractivity contribution is -0.151. The van der Waals surface area contributed by atoms with Gasteiger partial charge in [0.15, 0.2) is 0 Å². The lowest BCUT2D eigenvalue weighted by atomic mass is 9.44. The van der Waals surface area contributed by atoms with Gasteiger partial charge in [0.2, 0.25) is 0 Å². The van der Waals surface area contributed by atoms with Crippen LogP contribution in [-0.4, -0.2) is 24.2 Å². The maximum atomic E-state index is 13.0. The monoisotopic (exact) mass is 484 g/mol. The van der Waals surface area contributed by atoms with Crippen molar-refractivity contribution in [3.8, 4) is 0 Å². The van der Waals surface area contributed by atoms with Crippen molar-refractivity contribution in [3.63, 3.8) is 0 Å². The molecule has 0 aromatic rings. The van der Waals surface area contributed by atoms with Gasteiger partial charge >= 0.3 is 11.9 Å². The highest BCUT2D eigenvalue weighted by Gasteiger charge is 2.64. The van der Waals surface area contributed by atoms with Gasteiger partial charge in [0, 0.05) is 6.42 Å². The van der Waals surface area contributed by atoms with Crippen LogP contribution in [0.3, 0.4) is 0 Å². The SMILES string of the molecule is C=C(C)[C@H]1CC=C2[C@@H](CC[C@@]3(C)[C@H]([C@H](CCC=C(C)C)C(=O)OC)CC[C@]23C)[C@]1(C)CCC(=O)O. The third-order valence-corrected chi connectivity index (χ3v) is 10.7. The maximum absolute atomic E-state index is 13.0. The van der Waals surface area contributed by atoms with Crippen molar-refractivity contribution in [3.05, 3.63) is 35.5 Å². The van der Waals surface area contributed by atoms with Crippen LogP contribution in [0.15, 0.2) is 35.5 Å². The molecule has 4 heteroatoms. The van der Waals surface area contributed by atoms with E-state index in [2.05, 4.69) is 60.3 Å². The molecule has 0 bridgehead atoms. The van der Waals surface area contributed by atoms with Crippen LogP contribution < -0.4 is 0 Å². The van der Waals surface area contributed by atoms with Gasteiger partial charge in [0.25, 0.3) is 0 Å². The molecule has 196 valence electrons. The number of allylic oxidation sites excluding steroid dienone is 5. The molecule has 0 saturated heterocycles. The van der Waals surface area contributed by atoms with Crippen molar-refractivity contribution in [2.75, 3.05) is 7.11 Å². The van der Waals surface area contributed by atoms with E-state index in [1.54, 1.807) is 0 Å². The van der Waals surface area contributed by atoms with E-state index in [0.29, 0.717) is 24.2 Å². The highest BCUT2D eigenvalue weighted by Crippen LogP contribution is 2.72. The van der Waals surface area contributed by atoms with Crippen LogP contribution in [0, 0.1) is 39.9 Å². The van der Waals surface area contributed by atoms with Gasteiger partial charge in [-0.25, -0.2) is 0 Å². The quantitative estimate of drug-likeness (QED) is 0.268. The Kier molecular flexibility index (Phi) is 8.13. The molecule has 0 unspecified atom stereocenters. The third-order valence-electron chi connectivity index (χ3n) is 10.7. The molecule has 7 atom stereocenters. The van der Waals surface area contributed by atoms with Crippen molar-refractivity contribution in [2.45, 2.75) is 99.3 Å². The lowest BCUT2D eigenvalue weighted by Gasteiger charge is -2.60. The first-order valence-electron chi connectivity index (χ1n) is 13.6. The van der Waals surface area contributed by atoms with Crippen LogP contribution in [0.4, 0.5) is 0 Å². The fourth-order valence-electron chi connectivity index (χ4n) is 8.51. The molecule has 0 spiro atoms. The number of carboxylic acid groups (broad SMARTS) is 1. The summed E-state index contributed by atoms with van der Waals surface area (Å²) in [6.45, 7) is 17.8. The summed E-state index contributed by atoms with van der Waals surface area (Å²) in [7, 11) is 1.53. The standard InChI is InChI=1S/C31H48O4/c1-20(2)10-9-11-22(28(34)35-8)24-14-18-31(7)26-13-12-23(21(3)4)29(5,17-16-27(32)33)25(26)15-19-30(24,31)6/h10,13,22-25H,3,9,11-12,14-19H2,1-2,4-8H3,(H,32,33)/t22-,23+,24-,25+,29+,30-,31+/m0/s1. The van der Waals surface area contributed by atoms with Crippen molar-refractivity contribution in [2.24, 2.45) is 39.9 Å². The number of fused-ring (bicyclic) bond motifs is 3. The van der Waals surface area contributed by atoms with Gasteiger partial charge < -0.3 is 9.84 Å². The minimum absolute atomic E-state index is 0.0217.